The van der Waals surface area contributed by atoms with Crippen LogP contribution in [-0.2, 0) is 4.79 Å². The van der Waals surface area contributed by atoms with Gasteiger partial charge in [-0.15, -0.1) is 11.8 Å². The van der Waals surface area contributed by atoms with Crippen LogP contribution in [0, 0.1) is 5.41 Å². The highest BCUT2D eigenvalue weighted by Crippen LogP contribution is 2.31. The molecular weight excluding hydrogens is 294 g/mol. The molecule has 1 unspecified atom stereocenters. The van der Waals surface area contributed by atoms with Gasteiger partial charge in [-0.3, -0.25) is 4.79 Å². The van der Waals surface area contributed by atoms with E-state index in [1.54, 1.807) is 11.8 Å². The summed E-state index contributed by atoms with van der Waals surface area (Å²) in [5, 5.41) is 10.00. The molecule has 1 fully saturated rings. The monoisotopic (exact) mass is 313 g/mol. The number of halogens is 1. The Morgan fingerprint density at radius 3 is 2.90 bits per heavy atom. The summed E-state index contributed by atoms with van der Waals surface area (Å²) in [5.74, 6) is 0.328. The predicted molar refractivity (Wildman–Crippen MR) is 83.6 cm³/mol. The lowest BCUT2D eigenvalue weighted by atomic mass is 9.90. The van der Waals surface area contributed by atoms with Crippen molar-refractivity contribution in [2.24, 2.45) is 5.41 Å². The molecule has 2 rings (SSSR count). The van der Waals surface area contributed by atoms with E-state index in [4.69, 9.17) is 11.6 Å². The van der Waals surface area contributed by atoms with Crippen LogP contribution in [0.5, 0.6) is 0 Å². The normalized spacial score (nSPS) is 23.1. The molecule has 1 aromatic carbocycles. The molecular formula is C15H20ClNO2S. The van der Waals surface area contributed by atoms with Crippen molar-refractivity contribution >= 4 is 29.3 Å². The van der Waals surface area contributed by atoms with Crippen molar-refractivity contribution in [3.8, 4) is 0 Å². The Kier molecular flexibility index (Phi) is 5.35. The minimum absolute atomic E-state index is 0.560. The molecule has 1 aliphatic heterocycles. The Bertz CT molecular complexity index is 483. The predicted octanol–water partition coefficient (Wildman–Crippen LogP) is 3.62. The largest absolute Gasteiger partial charge is 0.481 e. The smallest absolute Gasteiger partial charge is 0.310 e. The Morgan fingerprint density at radius 2 is 2.25 bits per heavy atom. The van der Waals surface area contributed by atoms with Gasteiger partial charge in [0.05, 0.1) is 10.4 Å². The summed E-state index contributed by atoms with van der Waals surface area (Å²) in [6, 6.07) is 7.86. The quantitative estimate of drug-likeness (QED) is 0.643. The average Bonchev–Trinajstić information content (AvgIpc) is 2.80. The number of carbonyl (C=O) groups is 1. The minimum atomic E-state index is -0.676. The van der Waals surface area contributed by atoms with Crippen LogP contribution < -0.4 is 0 Å². The van der Waals surface area contributed by atoms with Gasteiger partial charge in [0.25, 0.3) is 0 Å². The van der Waals surface area contributed by atoms with Crippen molar-refractivity contribution in [1.82, 2.24) is 4.90 Å². The lowest BCUT2D eigenvalue weighted by Gasteiger charge is -2.19. The lowest BCUT2D eigenvalue weighted by Crippen LogP contribution is -2.32. The van der Waals surface area contributed by atoms with Crippen molar-refractivity contribution in [3.05, 3.63) is 29.3 Å². The van der Waals surface area contributed by atoms with Gasteiger partial charge in [-0.05, 0) is 50.7 Å². The molecule has 1 aliphatic rings. The molecule has 1 saturated heterocycles. The molecule has 0 aliphatic carbocycles. The number of carboxylic acids is 1. The van der Waals surface area contributed by atoms with Gasteiger partial charge in [0.2, 0.25) is 0 Å². The number of likely N-dealkylation sites (tertiary alicyclic amines) is 1. The highest BCUT2D eigenvalue weighted by Gasteiger charge is 2.39. The van der Waals surface area contributed by atoms with Gasteiger partial charge >= 0.3 is 5.97 Å². The summed E-state index contributed by atoms with van der Waals surface area (Å²) < 4.78 is 0. The maximum Gasteiger partial charge on any atom is 0.310 e. The first-order valence-electron chi connectivity index (χ1n) is 6.84. The zero-order chi connectivity index (χ0) is 14.6. The van der Waals surface area contributed by atoms with E-state index in [0.717, 1.165) is 41.6 Å². The van der Waals surface area contributed by atoms with Gasteiger partial charge in [0.15, 0.2) is 0 Å². The molecule has 0 radical (unpaired) electrons. The first-order chi connectivity index (χ1) is 9.51. The highest BCUT2D eigenvalue weighted by atomic mass is 35.5. The molecule has 3 nitrogen and oxygen atoms in total. The topological polar surface area (TPSA) is 40.5 Å². The van der Waals surface area contributed by atoms with Crippen LogP contribution in [0.1, 0.15) is 19.8 Å². The number of carboxylic acid groups (broad SMARTS) is 1. The summed E-state index contributed by atoms with van der Waals surface area (Å²) in [4.78, 5) is 14.5. The number of thioether (sulfide) groups is 1. The van der Waals surface area contributed by atoms with Gasteiger partial charge in [0.1, 0.15) is 0 Å². The molecule has 0 aromatic heterocycles. The summed E-state index contributed by atoms with van der Waals surface area (Å²) >= 11 is 7.87. The fraction of sp³-hybridized carbons (Fsp3) is 0.533. The summed E-state index contributed by atoms with van der Waals surface area (Å²) in [6.07, 6.45) is 1.80. The van der Waals surface area contributed by atoms with Crippen LogP contribution in [0.4, 0.5) is 0 Å². The van der Waals surface area contributed by atoms with E-state index in [9.17, 15) is 9.90 Å². The summed E-state index contributed by atoms with van der Waals surface area (Å²) in [7, 11) is 0. The molecule has 1 aromatic rings. The Morgan fingerprint density at radius 1 is 1.50 bits per heavy atom. The lowest BCUT2D eigenvalue weighted by molar-refractivity contribution is -0.147. The van der Waals surface area contributed by atoms with E-state index in [-0.39, 0.29) is 0 Å². The number of hydrogen-bond acceptors (Lipinski definition) is 3. The zero-order valence-electron chi connectivity index (χ0n) is 11.6. The fourth-order valence-corrected chi connectivity index (χ4v) is 3.63. The van der Waals surface area contributed by atoms with Gasteiger partial charge in [0, 0.05) is 11.4 Å². The Hall–Kier alpha value is -0.710. The standard InChI is InChI=1S/C15H20ClNO2S/c1-15(14(18)19)7-9-17(11-15)8-4-10-20-13-6-3-2-5-12(13)16/h2-3,5-6H,4,7-11H2,1H3,(H,18,19). The maximum atomic E-state index is 11.2. The second-order valence-electron chi connectivity index (χ2n) is 5.52. The van der Waals surface area contributed by atoms with E-state index in [1.165, 1.54) is 0 Å². The van der Waals surface area contributed by atoms with Crippen molar-refractivity contribution < 1.29 is 9.90 Å². The fourth-order valence-electron chi connectivity index (χ4n) is 2.45. The van der Waals surface area contributed by atoms with Gasteiger partial charge < -0.3 is 10.0 Å². The third-order valence-corrected chi connectivity index (χ3v) is 5.38. The van der Waals surface area contributed by atoms with Crippen LogP contribution in [0.3, 0.4) is 0 Å². The van der Waals surface area contributed by atoms with E-state index in [1.807, 2.05) is 31.2 Å². The molecule has 110 valence electrons. The molecule has 0 amide bonds. The van der Waals surface area contributed by atoms with Gasteiger partial charge in [-0.2, -0.15) is 0 Å². The van der Waals surface area contributed by atoms with Crippen LogP contribution in [0.2, 0.25) is 5.02 Å². The maximum absolute atomic E-state index is 11.2. The zero-order valence-corrected chi connectivity index (χ0v) is 13.2. The van der Waals surface area contributed by atoms with Crippen molar-refractivity contribution in [1.29, 1.82) is 0 Å². The first-order valence-corrected chi connectivity index (χ1v) is 8.21. The van der Waals surface area contributed by atoms with Crippen molar-refractivity contribution in [2.75, 3.05) is 25.4 Å². The number of aliphatic carboxylic acids is 1. The summed E-state index contributed by atoms with van der Waals surface area (Å²) in [5.41, 5.74) is -0.560. The first kappa shape index (κ1) is 15.7. The number of nitrogens with zero attached hydrogens (tertiary/aromatic N) is 1. The number of hydrogen-bond donors (Lipinski definition) is 1. The van der Waals surface area contributed by atoms with Crippen molar-refractivity contribution in [2.45, 2.75) is 24.7 Å². The SMILES string of the molecule is CC1(C(=O)O)CCN(CCCSc2ccccc2Cl)C1. The van der Waals surface area contributed by atoms with Crippen molar-refractivity contribution in [3.63, 3.8) is 0 Å². The molecule has 1 heterocycles. The van der Waals surface area contributed by atoms with Crippen LogP contribution in [0.15, 0.2) is 29.2 Å². The Labute approximate surface area is 129 Å². The highest BCUT2D eigenvalue weighted by molar-refractivity contribution is 7.99. The second-order valence-corrected chi connectivity index (χ2v) is 7.07. The third-order valence-electron chi connectivity index (χ3n) is 3.78. The molecule has 0 bridgehead atoms. The van der Waals surface area contributed by atoms with Gasteiger partial charge in [-0.1, -0.05) is 23.7 Å². The Balaban J connectivity index is 1.70. The molecule has 1 N–H and O–H groups in total. The second kappa shape index (κ2) is 6.83. The molecule has 5 heteroatoms. The molecule has 20 heavy (non-hydrogen) atoms. The molecule has 0 saturated carbocycles. The third kappa shape index (κ3) is 3.90. The van der Waals surface area contributed by atoms with Crippen LogP contribution in [0.25, 0.3) is 0 Å². The van der Waals surface area contributed by atoms with E-state index in [0.29, 0.717) is 6.54 Å². The molecule has 0 spiro atoms. The van der Waals surface area contributed by atoms with Crippen LogP contribution >= 0.6 is 23.4 Å². The molecule has 1 atom stereocenters. The van der Waals surface area contributed by atoms with E-state index >= 15 is 0 Å². The van der Waals surface area contributed by atoms with E-state index < -0.39 is 11.4 Å². The van der Waals surface area contributed by atoms with E-state index in [2.05, 4.69) is 4.90 Å². The summed E-state index contributed by atoms with van der Waals surface area (Å²) in [6.45, 7) is 4.35. The van der Waals surface area contributed by atoms with Gasteiger partial charge in [-0.25, -0.2) is 0 Å². The number of rotatable bonds is 6. The average molecular weight is 314 g/mol. The number of benzene rings is 1. The van der Waals surface area contributed by atoms with Crippen LogP contribution in [-0.4, -0.2) is 41.4 Å². The minimum Gasteiger partial charge on any atom is -0.481 e.